The quantitative estimate of drug-likeness (QED) is 0.228. The minimum Gasteiger partial charge on any atom is -0.477 e. The Balaban J connectivity index is 1.49. The van der Waals surface area contributed by atoms with Crippen LogP contribution < -0.4 is 11.1 Å². The first-order valence-corrected chi connectivity index (χ1v) is 12.0. The molecule has 0 saturated carbocycles. The summed E-state index contributed by atoms with van der Waals surface area (Å²) >= 11 is 3.85. The van der Waals surface area contributed by atoms with Crippen LogP contribution in [-0.2, 0) is 25.0 Å². The number of carbonyl (C=O) groups excluding carboxylic acids is 2. The van der Waals surface area contributed by atoms with Gasteiger partial charge in [0.2, 0.25) is 0 Å². The predicted octanol–water partition coefficient (Wildman–Crippen LogP) is 0.428. The van der Waals surface area contributed by atoms with Crippen molar-refractivity contribution in [3.8, 4) is 0 Å². The molecule has 2 aliphatic rings. The van der Waals surface area contributed by atoms with Crippen molar-refractivity contribution in [3.05, 3.63) is 39.6 Å². The molecule has 168 valence electrons. The summed E-state index contributed by atoms with van der Waals surface area (Å²) in [5.74, 6) is -1.46. The highest BCUT2D eigenvalue weighted by atomic mass is 32.2. The van der Waals surface area contributed by atoms with E-state index in [1.807, 2.05) is 0 Å². The lowest BCUT2D eigenvalue weighted by atomic mass is 10.0. The molecule has 0 radical (unpaired) electrons. The molecule has 4 rings (SSSR count). The third-order valence-electron chi connectivity index (χ3n) is 4.55. The number of thiazole rings is 1. The van der Waals surface area contributed by atoms with Gasteiger partial charge in [-0.2, -0.15) is 5.10 Å². The molecular formula is C17H17N7O5S3. The van der Waals surface area contributed by atoms with E-state index < -0.39 is 29.2 Å². The normalized spacial score (nSPS) is 20.6. The molecule has 0 aliphatic carbocycles. The molecule has 4 heterocycles. The number of aliphatic carboxylic acids is 1. The molecule has 1 fully saturated rings. The molecule has 0 aromatic carbocycles. The molecule has 0 bridgehead atoms. The van der Waals surface area contributed by atoms with Gasteiger partial charge < -0.3 is 21.0 Å². The number of rotatable bonds is 8. The van der Waals surface area contributed by atoms with Crippen molar-refractivity contribution in [3.63, 3.8) is 0 Å². The zero-order chi connectivity index (χ0) is 22.8. The van der Waals surface area contributed by atoms with Crippen LogP contribution in [0.3, 0.4) is 0 Å². The maximum absolute atomic E-state index is 12.8. The van der Waals surface area contributed by atoms with Crippen LogP contribution in [0.1, 0.15) is 11.3 Å². The number of fused-ring (bicyclic) bond motifs is 1. The van der Waals surface area contributed by atoms with E-state index in [9.17, 15) is 19.5 Å². The first-order valence-electron chi connectivity index (χ1n) is 9.05. The molecule has 12 nitrogen and oxygen atoms in total. The molecule has 1 saturated heterocycles. The average molecular weight is 496 g/mol. The van der Waals surface area contributed by atoms with Gasteiger partial charge in [-0.15, -0.1) is 34.9 Å². The van der Waals surface area contributed by atoms with Gasteiger partial charge in [0.25, 0.3) is 11.8 Å². The fourth-order valence-electron chi connectivity index (χ4n) is 3.13. The van der Waals surface area contributed by atoms with Gasteiger partial charge in [0.1, 0.15) is 29.9 Å². The van der Waals surface area contributed by atoms with Gasteiger partial charge in [0, 0.05) is 33.6 Å². The van der Waals surface area contributed by atoms with E-state index in [0.29, 0.717) is 16.4 Å². The zero-order valence-corrected chi connectivity index (χ0v) is 18.9. The van der Waals surface area contributed by atoms with E-state index in [4.69, 9.17) is 10.6 Å². The minimum absolute atomic E-state index is 0.0594. The summed E-state index contributed by atoms with van der Waals surface area (Å²) in [4.78, 5) is 48.1. The molecular weight excluding hydrogens is 478 g/mol. The van der Waals surface area contributed by atoms with Crippen molar-refractivity contribution >= 4 is 63.5 Å². The highest BCUT2D eigenvalue weighted by Crippen LogP contribution is 2.44. The Hall–Kier alpha value is -3.04. The Morgan fingerprint density at radius 2 is 2.34 bits per heavy atom. The number of amides is 2. The van der Waals surface area contributed by atoms with Crippen LogP contribution in [0.15, 0.2) is 33.5 Å². The third-order valence-corrected chi connectivity index (χ3v) is 7.85. The number of H-pyrrole nitrogens is 1. The predicted molar refractivity (Wildman–Crippen MR) is 120 cm³/mol. The molecule has 2 atom stereocenters. The van der Waals surface area contributed by atoms with Gasteiger partial charge in [-0.25, -0.2) is 9.78 Å². The van der Waals surface area contributed by atoms with Crippen molar-refractivity contribution in [1.29, 1.82) is 0 Å². The maximum Gasteiger partial charge on any atom is 0.353 e. The van der Waals surface area contributed by atoms with Crippen LogP contribution in [0.5, 0.6) is 0 Å². The molecule has 5 N–H and O–H groups in total. The molecule has 32 heavy (non-hydrogen) atoms. The second-order valence-corrected chi connectivity index (χ2v) is 9.59. The van der Waals surface area contributed by atoms with Crippen molar-refractivity contribution in [1.82, 2.24) is 25.4 Å². The second kappa shape index (κ2) is 9.22. The summed E-state index contributed by atoms with van der Waals surface area (Å²) in [5.41, 5.74) is 6.56. The SMILES string of the molecule is CO/N=C(/C(=O)N[C@@H]1C(=O)N2C(C(=O)O)=C(SCc3cn[nH]c3)CS[C@H]12)c1csc(N)n1. The van der Waals surface area contributed by atoms with Crippen LogP contribution in [-0.4, -0.2) is 73.0 Å². The number of aromatic amines is 1. The molecule has 0 unspecified atom stereocenters. The second-order valence-electron chi connectivity index (χ2n) is 6.53. The van der Waals surface area contributed by atoms with Gasteiger partial charge >= 0.3 is 5.97 Å². The standard InChI is InChI=1S/C17H17N7O5S3/c1-29-23-10(8-5-32-17(18)21-8)13(25)22-11-14(26)24-12(16(27)28)9(6-31-15(11)24)30-4-7-2-19-20-3-7/h2-3,5,11,15H,4,6H2,1H3,(H2,18,21)(H,19,20)(H,22,25)(H,27,28)/b23-10+/t11-,15-/m1/s1. The number of hydrogen-bond donors (Lipinski definition) is 4. The fourth-order valence-corrected chi connectivity index (χ4v) is 6.23. The van der Waals surface area contributed by atoms with Gasteiger partial charge in [-0.3, -0.25) is 19.6 Å². The number of carboxylic acids is 1. The largest absolute Gasteiger partial charge is 0.477 e. The number of carboxylic acid groups (broad SMARTS) is 1. The highest BCUT2D eigenvalue weighted by Gasteiger charge is 2.54. The summed E-state index contributed by atoms with van der Waals surface area (Å²) in [6.45, 7) is 0. The smallest absolute Gasteiger partial charge is 0.353 e. The van der Waals surface area contributed by atoms with Crippen LogP contribution in [0.25, 0.3) is 0 Å². The summed E-state index contributed by atoms with van der Waals surface area (Å²) in [6.07, 6.45) is 3.38. The van der Waals surface area contributed by atoms with Gasteiger partial charge in [-0.05, 0) is 0 Å². The number of oxime groups is 1. The van der Waals surface area contributed by atoms with Crippen molar-refractivity contribution in [2.24, 2.45) is 5.16 Å². The van der Waals surface area contributed by atoms with E-state index in [2.05, 4.69) is 25.7 Å². The number of nitrogen functional groups attached to an aromatic ring is 1. The zero-order valence-electron chi connectivity index (χ0n) is 16.5. The number of nitrogens with one attached hydrogen (secondary N) is 2. The number of hydrogen-bond acceptors (Lipinski definition) is 11. The van der Waals surface area contributed by atoms with E-state index >= 15 is 0 Å². The van der Waals surface area contributed by atoms with Crippen LogP contribution >= 0.6 is 34.9 Å². The number of thioether (sulfide) groups is 2. The molecule has 0 spiro atoms. The van der Waals surface area contributed by atoms with Gasteiger partial charge in [0.05, 0.1) is 6.20 Å². The van der Waals surface area contributed by atoms with Gasteiger partial charge in [-0.1, -0.05) is 5.16 Å². The number of anilines is 1. The monoisotopic (exact) mass is 495 g/mol. The molecule has 2 amide bonds. The van der Waals surface area contributed by atoms with E-state index in [-0.39, 0.29) is 22.2 Å². The lowest BCUT2D eigenvalue weighted by molar-refractivity contribution is -0.150. The number of β-lactam (4-membered cyclic amide) rings is 1. The topological polar surface area (TPSA) is 176 Å². The number of aromatic nitrogens is 3. The number of nitrogens with two attached hydrogens (primary N) is 1. The van der Waals surface area contributed by atoms with Gasteiger partial charge in [0.15, 0.2) is 10.8 Å². The Bertz CT molecular complexity index is 1110. The van der Waals surface area contributed by atoms with Crippen LogP contribution in [0, 0.1) is 0 Å². The number of nitrogens with zero attached hydrogens (tertiary/aromatic N) is 4. The third kappa shape index (κ3) is 4.18. The molecule has 2 aromatic rings. The Labute approximate surface area is 193 Å². The lowest BCUT2D eigenvalue weighted by Gasteiger charge is -2.49. The Morgan fingerprint density at radius 3 is 2.97 bits per heavy atom. The minimum atomic E-state index is -1.19. The number of carbonyl (C=O) groups is 3. The van der Waals surface area contributed by atoms with Crippen molar-refractivity contribution in [2.45, 2.75) is 17.2 Å². The Kier molecular flexibility index (Phi) is 6.38. The summed E-state index contributed by atoms with van der Waals surface area (Å²) in [7, 11) is 1.28. The summed E-state index contributed by atoms with van der Waals surface area (Å²) in [5, 5.41) is 23.9. The highest BCUT2D eigenvalue weighted by molar-refractivity contribution is 8.05. The summed E-state index contributed by atoms with van der Waals surface area (Å²) in [6, 6.07) is -0.902. The first kappa shape index (κ1) is 22.2. The molecule has 15 heteroatoms. The van der Waals surface area contributed by atoms with E-state index in [0.717, 1.165) is 16.9 Å². The first-order chi connectivity index (χ1) is 15.4. The van der Waals surface area contributed by atoms with Crippen LogP contribution in [0.2, 0.25) is 0 Å². The molecule has 2 aromatic heterocycles. The average Bonchev–Trinajstić information content (AvgIpc) is 3.45. The maximum atomic E-state index is 12.8. The summed E-state index contributed by atoms with van der Waals surface area (Å²) < 4.78 is 0. The Morgan fingerprint density at radius 1 is 1.53 bits per heavy atom. The van der Waals surface area contributed by atoms with Crippen LogP contribution in [0.4, 0.5) is 5.13 Å². The van der Waals surface area contributed by atoms with E-state index in [1.54, 1.807) is 17.8 Å². The lowest BCUT2D eigenvalue weighted by Crippen LogP contribution is -2.71. The molecule has 2 aliphatic heterocycles. The van der Waals surface area contributed by atoms with E-state index in [1.165, 1.54) is 35.5 Å². The van der Waals surface area contributed by atoms with Crippen molar-refractivity contribution in [2.75, 3.05) is 18.6 Å². The fraction of sp³-hybridized carbons (Fsp3) is 0.294. The van der Waals surface area contributed by atoms with Crippen molar-refractivity contribution < 1.29 is 24.3 Å².